The molecule has 0 aliphatic carbocycles. The Morgan fingerprint density at radius 3 is 2.76 bits per heavy atom. The monoisotopic (exact) mass is 448 g/mol. The van der Waals surface area contributed by atoms with Crippen LogP contribution in [0.4, 0.5) is 4.79 Å². The molecule has 3 aromatic rings. The summed E-state index contributed by atoms with van der Waals surface area (Å²) >= 11 is 0. The van der Waals surface area contributed by atoms with Crippen LogP contribution in [0.3, 0.4) is 0 Å². The number of hydrogen-bond acceptors (Lipinski definition) is 5. The van der Waals surface area contributed by atoms with Gasteiger partial charge in [0.25, 0.3) is 0 Å². The second-order valence-electron chi connectivity index (χ2n) is 8.52. The minimum absolute atomic E-state index is 0.0906. The highest BCUT2D eigenvalue weighted by molar-refractivity contribution is 5.99. The number of amides is 2. The molecule has 9 heteroatoms. The van der Waals surface area contributed by atoms with E-state index in [2.05, 4.69) is 10.2 Å². The average molecular weight is 448 g/mol. The summed E-state index contributed by atoms with van der Waals surface area (Å²) in [5.74, 6) is -1.88. The van der Waals surface area contributed by atoms with E-state index in [0.717, 1.165) is 27.6 Å². The van der Waals surface area contributed by atoms with E-state index < -0.39 is 18.0 Å². The van der Waals surface area contributed by atoms with E-state index >= 15 is 0 Å². The van der Waals surface area contributed by atoms with Crippen LogP contribution >= 0.6 is 0 Å². The molecule has 9 nitrogen and oxygen atoms in total. The number of esters is 1. The van der Waals surface area contributed by atoms with Crippen molar-refractivity contribution in [3.05, 3.63) is 65.4 Å². The van der Waals surface area contributed by atoms with Gasteiger partial charge in [0.2, 0.25) is 5.91 Å². The molecule has 2 N–H and O–H groups in total. The quantitative estimate of drug-likeness (QED) is 0.468. The van der Waals surface area contributed by atoms with Crippen LogP contribution < -0.4 is 0 Å². The molecule has 33 heavy (non-hydrogen) atoms. The molecule has 1 unspecified atom stereocenters. The summed E-state index contributed by atoms with van der Waals surface area (Å²) in [5, 5.41) is 17.4. The molecule has 2 atom stereocenters. The van der Waals surface area contributed by atoms with Gasteiger partial charge >= 0.3 is 12.1 Å². The van der Waals surface area contributed by atoms with Crippen LogP contribution in [-0.4, -0.2) is 62.2 Å². The number of rotatable bonds is 4. The van der Waals surface area contributed by atoms with Gasteiger partial charge in [-0.2, -0.15) is 5.10 Å². The third kappa shape index (κ3) is 4.02. The van der Waals surface area contributed by atoms with Crippen LogP contribution in [0.5, 0.6) is 0 Å². The zero-order chi connectivity index (χ0) is 22.9. The molecular weight excluding hydrogens is 424 g/mol. The summed E-state index contributed by atoms with van der Waals surface area (Å²) in [7, 11) is 0. The summed E-state index contributed by atoms with van der Waals surface area (Å²) in [6, 6.07) is 12.8. The Hall–Kier alpha value is -3.88. The van der Waals surface area contributed by atoms with Gasteiger partial charge in [0.05, 0.1) is 17.8 Å². The van der Waals surface area contributed by atoms with Crippen molar-refractivity contribution in [3.63, 3.8) is 0 Å². The van der Waals surface area contributed by atoms with Crippen molar-refractivity contribution in [2.75, 3.05) is 13.1 Å². The Balaban J connectivity index is 1.46. The van der Waals surface area contributed by atoms with Crippen LogP contribution in [0, 0.1) is 5.92 Å². The van der Waals surface area contributed by atoms with Crippen LogP contribution in [0.15, 0.2) is 48.7 Å². The molecule has 2 aromatic carbocycles. The van der Waals surface area contributed by atoms with E-state index in [4.69, 9.17) is 4.74 Å². The molecule has 1 saturated heterocycles. The lowest BCUT2D eigenvalue weighted by molar-refractivity contribution is -0.157. The number of benzene rings is 2. The van der Waals surface area contributed by atoms with E-state index in [9.17, 15) is 19.5 Å². The Bertz CT molecular complexity index is 1210. The fraction of sp³-hybridized carbons (Fsp3) is 0.333. The zero-order valence-corrected chi connectivity index (χ0v) is 17.9. The predicted octanol–water partition coefficient (Wildman–Crippen LogP) is 2.56. The topological polar surface area (TPSA) is 116 Å². The molecule has 0 saturated carbocycles. The molecule has 2 aliphatic rings. The first kappa shape index (κ1) is 21.0. The number of ether oxygens (including phenoxy) is 1. The van der Waals surface area contributed by atoms with Crippen LogP contribution in [0.25, 0.3) is 10.9 Å². The lowest BCUT2D eigenvalue weighted by Gasteiger charge is -2.29. The molecule has 2 amide bonds. The van der Waals surface area contributed by atoms with Crippen LogP contribution in [0.2, 0.25) is 0 Å². The summed E-state index contributed by atoms with van der Waals surface area (Å²) in [5.41, 5.74) is 3.53. The summed E-state index contributed by atoms with van der Waals surface area (Å²) in [6.07, 6.45) is 1.48. The summed E-state index contributed by atoms with van der Waals surface area (Å²) in [4.78, 5) is 41.2. The minimum atomic E-state index is -1.00. The summed E-state index contributed by atoms with van der Waals surface area (Å²) in [6.45, 7) is 0.970. The van der Waals surface area contributed by atoms with E-state index in [1.54, 1.807) is 11.1 Å². The molecule has 3 heterocycles. The molecule has 5 rings (SSSR count). The first-order valence-electron chi connectivity index (χ1n) is 10.9. The molecule has 0 spiro atoms. The van der Waals surface area contributed by atoms with Gasteiger partial charge in [0, 0.05) is 25.0 Å². The Morgan fingerprint density at radius 1 is 1.18 bits per heavy atom. The third-order valence-corrected chi connectivity index (χ3v) is 6.55. The maximum absolute atomic E-state index is 13.6. The first-order valence-corrected chi connectivity index (χ1v) is 10.9. The molecule has 2 aliphatic heterocycles. The lowest BCUT2D eigenvalue weighted by Crippen LogP contribution is -2.46. The van der Waals surface area contributed by atoms with Crippen LogP contribution in [-0.2, 0) is 33.9 Å². The van der Waals surface area contributed by atoms with Gasteiger partial charge in [-0.15, -0.1) is 0 Å². The van der Waals surface area contributed by atoms with Crippen LogP contribution in [0.1, 0.15) is 23.1 Å². The number of carboxylic acid groups (broad SMARTS) is 1. The average Bonchev–Trinajstić information content (AvgIpc) is 3.48. The molecular formula is C24H24N4O5. The first-order chi connectivity index (χ1) is 16.0. The minimum Gasteiger partial charge on any atom is -0.465 e. The Labute approximate surface area is 189 Å². The van der Waals surface area contributed by atoms with Crippen molar-refractivity contribution in [1.82, 2.24) is 20.0 Å². The van der Waals surface area contributed by atoms with E-state index in [1.165, 1.54) is 4.90 Å². The lowest BCUT2D eigenvalue weighted by atomic mass is 9.95. The van der Waals surface area contributed by atoms with Crippen molar-refractivity contribution in [1.29, 1.82) is 0 Å². The van der Waals surface area contributed by atoms with Crippen molar-refractivity contribution in [3.8, 4) is 0 Å². The standard InChI is InChI=1S/C24H24N4O5/c29-22-18(23(30)33-14-15-4-2-1-3-5-15)10-16-6-7-21-19(11-25-26-21)20(16)13-28(22)17-8-9-27(12-17)24(31)32/h1-7,11,17-18H,8-10,12-14H2,(H,25,26)(H,31,32)/t17?,18-/m1/s1. The SMILES string of the molecule is O=C(OCc1ccccc1)[C@@H]1Cc2ccc3[nH]ncc3c2CN(C2CCN(C(=O)O)C2)C1=O. The number of carbonyl (C=O) groups is 3. The second-order valence-corrected chi connectivity index (χ2v) is 8.52. The van der Waals surface area contributed by atoms with Crippen molar-refractivity contribution < 1.29 is 24.2 Å². The fourth-order valence-electron chi connectivity index (χ4n) is 4.75. The van der Waals surface area contributed by atoms with Gasteiger partial charge in [-0.1, -0.05) is 36.4 Å². The number of aromatic amines is 1. The highest BCUT2D eigenvalue weighted by atomic mass is 16.5. The van der Waals surface area contributed by atoms with Gasteiger partial charge in [-0.3, -0.25) is 14.7 Å². The number of fused-ring (bicyclic) bond motifs is 3. The molecule has 170 valence electrons. The zero-order valence-electron chi connectivity index (χ0n) is 17.9. The maximum atomic E-state index is 13.6. The van der Waals surface area contributed by atoms with Crippen molar-refractivity contribution >= 4 is 28.9 Å². The number of hydrogen-bond donors (Lipinski definition) is 2. The third-order valence-electron chi connectivity index (χ3n) is 6.55. The van der Waals surface area contributed by atoms with E-state index in [1.807, 2.05) is 42.5 Å². The van der Waals surface area contributed by atoms with Crippen molar-refractivity contribution in [2.45, 2.75) is 32.0 Å². The smallest absolute Gasteiger partial charge is 0.407 e. The fourth-order valence-corrected chi connectivity index (χ4v) is 4.75. The number of likely N-dealkylation sites (tertiary alicyclic amines) is 1. The summed E-state index contributed by atoms with van der Waals surface area (Å²) < 4.78 is 5.54. The molecule has 1 aromatic heterocycles. The van der Waals surface area contributed by atoms with E-state index in [0.29, 0.717) is 19.5 Å². The number of aromatic nitrogens is 2. The van der Waals surface area contributed by atoms with Gasteiger partial charge in [-0.05, 0) is 35.6 Å². The molecule has 0 radical (unpaired) electrons. The Morgan fingerprint density at radius 2 is 2.00 bits per heavy atom. The molecule has 0 bridgehead atoms. The van der Waals surface area contributed by atoms with Gasteiger partial charge < -0.3 is 19.6 Å². The largest absolute Gasteiger partial charge is 0.465 e. The highest BCUT2D eigenvalue weighted by Crippen LogP contribution is 2.32. The van der Waals surface area contributed by atoms with Crippen molar-refractivity contribution in [2.24, 2.45) is 5.92 Å². The number of nitrogens with zero attached hydrogens (tertiary/aromatic N) is 3. The second kappa shape index (κ2) is 8.57. The Kier molecular flexibility index (Phi) is 5.45. The number of nitrogens with one attached hydrogen (secondary N) is 1. The van der Waals surface area contributed by atoms with E-state index in [-0.39, 0.29) is 31.5 Å². The highest BCUT2D eigenvalue weighted by Gasteiger charge is 2.41. The molecule has 1 fully saturated rings. The van der Waals surface area contributed by atoms with Gasteiger partial charge in [0.15, 0.2) is 0 Å². The van der Waals surface area contributed by atoms with Gasteiger partial charge in [-0.25, -0.2) is 4.79 Å². The number of carbonyl (C=O) groups excluding carboxylic acids is 2. The van der Waals surface area contributed by atoms with Gasteiger partial charge in [0.1, 0.15) is 12.5 Å². The normalized spacial score (nSPS) is 20.5. The predicted molar refractivity (Wildman–Crippen MR) is 118 cm³/mol. The maximum Gasteiger partial charge on any atom is 0.407 e. The number of H-pyrrole nitrogens is 1.